The smallest absolute Gasteiger partial charge is 0.294 e. The summed E-state index contributed by atoms with van der Waals surface area (Å²) < 4.78 is 0.757. The third kappa shape index (κ3) is 5.06. The van der Waals surface area contributed by atoms with E-state index in [1.165, 1.54) is 0 Å². The van der Waals surface area contributed by atoms with Crippen LogP contribution in [0.5, 0.6) is 0 Å². The normalized spacial score (nSPS) is 10.5. The fourth-order valence-electron chi connectivity index (χ4n) is 2.17. The van der Waals surface area contributed by atoms with E-state index in [1.54, 1.807) is 0 Å². The van der Waals surface area contributed by atoms with Gasteiger partial charge < -0.3 is 21.1 Å². The number of nitrogen functional groups attached to an aromatic ring is 1. The van der Waals surface area contributed by atoms with Gasteiger partial charge in [-0.25, -0.2) is 0 Å². The molecule has 1 amide bonds. The predicted octanol–water partition coefficient (Wildman–Crippen LogP) is -0.618. The second kappa shape index (κ2) is 8.48. The highest BCUT2D eigenvalue weighted by atomic mass is 32.2. The summed E-state index contributed by atoms with van der Waals surface area (Å²) in [5, 5.41) is 20.8. The van der Waals surface area contributed by atoms with Crippen LogP contribution in [0.3, 0.4) is 0 Å². The number of carbonyl (C=O) groups is 2. The van der Waals surface area contributed by atoms with Crippen molar-refractivity contribution >= 4 is 29.3 Å². The first kappa shape index (κ1) is 19.4. The van der Waals surface area contributed by atoms with Crippen LogP contribution >= 0.6 is 11.8 Å². The summed E-state index contributed by atoms with van der Waals surface area (Å²) in [5.74, 6) is 4.06. The lowest BCUT2D eigenvalue weighted by molar-refractivity contribution is -0.305. The molecule has 1 aromatic carbocycles. The van der Waals surface area contributed by atoms with Gasteiger partial charge in [-0.3, -0.25) is 9.59 Å². The Morgan fingerprint density at radius 3 is 2.69 bits per heavy atom. The standard InChI is InChI=1S/C16H19N5O4S/c1-9-3-4-11(10(2)7-9)18-13(22)8-26-16-20-19-12(5-6-14(23)24)15(25)21(16)17/h3-4,7H,5-6,8,17H2,1-2H3,(H,18,22)(H,23,24)/p-1. The molecule has 0 radical (unpaired) electrons. The topological polar surface area (TPSA) is 143 Å². The molecule has 0 atom stereocenters. The maximum absolute atomic E-state index is 12.1. The Morgan fingerprint density at radius 1 is 1.31 bits per heavy atom. The minimum atomic E-state index is -1.30. The zero-order valence-corrected chi connectivity index (χ0v) is 15.1. The third-order valence-electron chi connectivity index (χ3n) is 3.48. The Bertz CT molecular complexity index is 897. The summed E-state index contributed by atoms with van der Waals surface area (Å²) >= 11 is 0.954. The van der Waals surface area contributed by atoms with Gasteiger partial charge in [-0.2, -0.15) is 4.68 Å². The number of amides is 1. The zero-order chi connectivity index (χ0) is 19.3. The van der Waals surface area contributed by atoms with Crippen LogP contribution in [0.2, 0.25) is 0 Å². The lowest BCUT2D eigenvalue weighted by Gasteiger charge is -2.10. The fourth-order valence-corrected chi connectivity index (χ4v) is 2.82. The van der Waals surface area contributed by atoms with Gasteiger partial charge in [0, 0.05) is 18.1 Å². The maximum Gasteiger partial charge on any atom is 0.294 e. The molecular weight excluding hydrogens is 358 g/mol. The molecule has 0 bridgehead atoms. The van der Waals surface area contributed by atoms with Crippen molar-refractivity contribution in [3.05, 3.63) is 45.4 Å². The van der Waals surface area contributed by atoms with Gasteiger partial charge in [0.05, 0.1) is 5.75 Å². The van der Waals surface area contributed by atoms with Crippen LogP contribution < -0.4 is 21.8 Å². The monoisotopic (exact) mass is 376 g/mol. The minimum absolute atomic E-state index is 0.0168. The van der Waals surface area contributed by atoms with Crippen molar-refractivity contribution in [2.75, 3.05) is 16.9 Å². The highest BCUT2D eigenvalue weighted by Gasteiger charge is 2.13. The molecule has 3 N–H and O–H groups in total. The van der Waals surface area contributed by atoms with Crippen LogP contribution in [0, 0.1) is 13.8 Å². The molecule has 9 nitrogen and oxygen atoms in total. The van der Waals surface area contributed by atoms with Crippen molar-refractivity contribution in [3.8, 4) is 0 Å². The summed E-state index contributed by atoms with van der Waals surface area (Å²) in [6, 6.07) is 5.67. The van der Waals surface area contributed by atoms with Crippen molar-refractivity contribution < 1.29 is 14.7 Å². The van der Waals surface area contributed by atoms with E-state index in [1.807, 2.05) is 32.0 Å². The number of carboxylic acid groups (broad SMARTS) is 1. The molecule has 1 heterocycles. The summed E-state index contributed by atoms with van der Waals surface area (Å²) in [5.41, 5.74) is 2.02. The number of carboxylic acids is 1. The molecular formula is C16H18N5O4S-. The summed E-state index contributed by atoms with van der Waals surface area (Å²) in [4.78, 5) is 34.6. The van der Waals surface area contributed by atoms with Gasteiger partial charge >= 0.3 is 0 Å². The quantitative estimate of drug-likeness (QED) is 0.481. The lowest BCUT2D eigenvalue weighted by Crippen LogP contribution is -2.34. The number of nitrogens with two attached hydrogens (primary N) is 1. The Morgan fingerprint density at radius 2 is 2.04 bits per heavy atom. The van der Waals surface area contributed by atoms with E-state index in [2.05, 4.69) is 15.5 Å². The molecule has 0 aliphatic rings. The molecule has 2 rings (SSSR count). The van der Waals surface area contributed by atoms with Crippen LogP contribution in [0.25, 0.3) is 0 Å². The summed E-state index contributed by atoms with van der Waals surface area (Å²) in [7, 11) is 0. The Hall–Kier alpha value is -2.88. The zero-order valence-electron chi connectivity index (χ0n) is 14.3. The number of hydrogen-bond donors (Lipinski definition) is 2. The van der Waals surface area contributed by atoms with E-state index in [4.69, 9.17) is 5.84 Å². The molecule has 0 aliphatic heterocycles. The number of hydrogen-bond acceptors (Lipinski definition) is 8. The minimum Gasteiger partial charge on any atom is -0.550 e. The number of nitrogens with zero attached hydrogens (tertiary/aromatic N) is 3. The third-order valence-corrected chi connectivity index (χ3v) is 4.43. The molecule has 1 aromatic heterocycles. The number of rotatable bonds is 7. The van der Waals surface area contributed by atoms with Gasteiger partial charge in [0.15, 0.2) is 0 Å². The maximum atomic E-state index is 12.1. The molecule has 0 aliphatic carbocycles. The van der Waals surface area contributed by atoms with Crippen LogP contribution in [-0.4, -0.2) is 32.5 Å². The molecule has 0 saturated carbocycles. The lowest BCUT2D eigenvalue weighted by atomic mass is 10.1. The van der Waals surface area contributed by atoms with Gasteiger partial charge in [0.2, 0.25) is 11.1 Å². The number of aryl methyl sites for hydroxylation is 3. The highest BCUT2D eigenvalue weighted by Crippen LogP contribution is 2.17. The first-order valence-electron chi connectivity index (χ1n) is 7.71. The molecule has 10 heteroatoms. The average molecular weight is 376 g/mol. The number of anilines is 1. The molecule has 138 valence electrons. The SMILES string of the molecule is Cc1ccc(NC(=O)CSc2nnc(CCC(=O)[O-])c(=O)n2N)c(C)c1. The van der Waals surface area contributed by atoms with Crippen LogP contribution in [0.1, 0.15) is 23.2 Å². The van der Waals surface area contributed by atoms with Gasteiger partial charge in [-0.1, -0.05) is 29.5 Å². The fraction of sp³-hybridized carbons (Fsp3) is 0.312. The average Bonchev–Trinajstić information content (AvgIpc) is 2.57. The number of nitrogens with one attached hydrogen (secondary N) is 1. The summed E-state index contributed by atoms with van der Waals surface area (Å²) in [6.45, 7) is 3.86. The molecule has 0 unspecified atom stereocenters. The first-order chi connectivity index (χ1) is 12.3. The van der Waals surface area contributed by atoms with Crippen molar-refractivity contribution in [2.24, 2.45) is 0 Å². The van der Waals surface area contributed by atoms with E-state index in [9.17, 15) is 19.5 Å². The highest BCUT2D eigenvalue weighted by molar-refractivity contribution is 7.99. The summed E-state index contributed by atoms with van der Waals surface area (Å²) in [6.07, 6.45) is -0.474. The second-order valence-electron chi connectivity index (χ2n) is 5.63. The Labute approximate surface area is 153 Å². The Kier molecular flexibility index (Phi) is 6.34. The molecule has 26 heavy (non-hydrogen) atoms. The predicted molar refractivity (Wildman–Crippen MR) is 95.0 cm³/mol. The van der Waals surface area contributed by atoms with Gasteiger partial charge in [-0.15, -0.1) is 10.2 Å². The first-order valence-corrected chi connectivity index (χ1v) is 8.70. The molecule has 0 fully saturated rings. The molecule has 2 aromatic rings. The van der Waals surface area contributed by atoms with Gasteiger partial charge in [0.1, 0.15) is 5.69 Å². The number of benzene rings is 1. The van der Waals surface area contributed by atoms with Crippen molar-refractivity contribution in [1.82, 2.24) is 14.9 Å². The van der Waals surface area contributed by atoms with E-state index < -0.39 is 11.5 Å². The largest absolute Gasteiger partial charge is 0.550 e. The number of aromatic nitrogens is 3. The number of carbonyl (C=O) groups excluding carboxylic acids is 2. The number of thioether (sulfide) groups is 1. The van der Waals surface area contributed by atoms with Crippen LogP contribution in [0.4, 0.5) is 5.69 Å². The second-order valence-corrected chi connectivity index (χ2v) is 6.57. The van der Waals surface area contributed by atoms with E-state index >= 15 is 0 Å². The van der Waals surface area contributed by atoms with Crippen LogP contribution in [0.15, 0.2) is 28.2 Å². The van der Waals surface area contributed by atoms with Crippen molar-refractivity contribution in [3.63, 3.8) is 0 Å². The van der Waals surface area contributed by atoms with Crippen LogP contribution in [-0.2, 0) is 16.0 Å². The van der Waals surface area contributed by atoms with Crippen molar-refractivity contribution in [2.45, 2.75) is 31.8 Å². The molecule has 0 spiro atoms. The molecule has 0 saturated heterocycles. The number of aliphatic carboxylic acids is 1. The van der Waals surface area contributed by atoms with E-state index in [0.29, 0.717) is 5.69 Å². The van der Waals surface area contributed by atoms with Gasteiger partial charge in [-0.05, 0) is 31.9 Å². The Balaban J connectivity index is 2.00. The van der Waals surface area contributed by atoms with Gasteiger partial charge in [0.25, 0.3) is 5.56 Å². The van der Waals surface area contributed by atoms with E-state index in [-0.39, 0.29) is 35.4 Å². The van der Waals surface area contributed by atoms with Crippen molar-refractivity contribution in [1.29, 1.82) is 0 Å². The van der Waals surface area contributed by atoms with E-state index in [0.717, 1.165) is 27.6 Å².